The van der Waals surface area contributed by atoms with Gasteiger partial charge in [-0.2, -0.15) is 5.26 Å². The quantitative estimate of drug-likeness (QED) is 0.489. The van der Waals surface area contributed by atoms with E-state index in [4.69, 9.17) is 9.84 Å². The number of piperidine rings is 1. The maximum Gasteiger partial charge on any atom is 0.301 e. The van der Waals surface area contributed by atoms with Gasteiger partial charge in [-0.05, 0) is 53.8 Å². The topological polar surface area (TPSA) is 131 Å². The summed E-state index contributed by atoms with van der Waals surface area (Å²) in [6.07, 6.45) is 4.63. The molecule has 3 heterocycles. The fourth-order valence-corrected chi connectivity index (χ4v) is 5.02. The molecule has 12 heteroatoms. The second-order valence-corrected chi connectivity index (χ2v) is 9.98. The van der Waals surface area contributed by atoms with E-state index in [1.54, 1.807) is 24.4 Å². The van der Waals surface area contributed by atoms with E-state index >= 15 is 0 Å². The Morgan fingerprint density at radius 1 is 1.31 bits per heavy atom. The summed E-state index contributed by atoms with van der Waals surface area (Å²) in [5.41, 5.74) is 4.65. The maximum atomic E-state index is 14.7. The molecule has 0 bridgehead atoms. The second-order valence-electron chi connectivity index (χ2n) is 9.98. The Labute approximate surface area is 223 Å². The number of carbonyl (C=O) groups is 2. The molecule has 3 N–H and O–H groups in total. The summed E-state index contributed by atoms with van der Waals surface area (Å²) in [6, 6.07) is 10.2. The van der Waals surface area contributed by atoms with Gasteiger partial charge in [-0.15, -0.1) is 0 Å². The minimum absolute atomic E-state index is 0.00966. The van der Waals surface area contributed by atoms with Gasteiger partial charge in [0.25, 0.3) is 0 Å². The van der Waals surface area contributed by atoms with Crippen LogP contribution in [-0.4, -0.2) is 76.6 Å². The third-order valence-corrected chi connectivity index (χ3v) is 7.24. The fourth-order valence-electron chi connectivity index (χ4n) is 5.02. The molecule has 3 aliphatic rings. The highest BCUT2D eigenvalue weighted by atomic mass is 19.3. The molecule has 0 radical (unpaired) electrons. The van der Waals surface area contributed by atoms with Gasteiger partial charge in [0, 0.05) is 44.4 Å². The normalized spacial score (nSPS) is 25.2. The molecule has 10 nitrogen and oxygen atoms in total. The highest BCUT2D eigenvalue weighted by Crippen LogP contribution is 2.43. The van der Waals surface area contributed by atoms with Crippen LogP contribution in [0.5, 0.6) is 5.75 Å². The molecule has 2 aromatic rings. The van der Waals surface area contributed by atoms with Crippen molar-refractivity contribution in [3.63, 3.8) is 0 Å². The number of ether oxygens (including phenoxy) is 1. The Morgan fingerprint density at radius 3 is 2.79 bits per heavy atom. The van der Waals surface area contributed by atoms with E-state index in [1.165, 1.54) is 12.1 Å². The van der Waals surface area contributed by atoms with Gasteiger partial charge in [0.1, 0.15) is 24.2 Å². The van der Waals surface area contributed by atoms with Crippen molar-refractivity contribution >= 4 is 17.6 Å². The van der Waals surface area contributed by atoms with Crippen molar-refractivity contribution in [3.05, 3.63) is 54.4 Å². The third-order valence-electron chi connectivity index (χ3n) is 7.24. The van der Waals surface area contributed by atoms with Gasteiger partial charge in [0.2, 0.25) is 11.8 Å². The van der Waals surface area contributed by atoms with Crippen molar-refractivity contribution in [3.8, 4) is 22.9 Å². The number of carbonyl (C=O) groups excluding carboxylic acids is 2. The lowest BCUT2D eigenvalue weighted by molar-refractivity contribution is -0.161. The smallest absolute Gasteiger partial charge is 0.301 e. The molecule has 2 fully saturated rings. The number of nitrogens with one attached hydrogen (secondary N) is 2. The van der Waals surface area contributed by atoms with Crippen molar-refractivity contribution in [1.29, 1.82) is 5.26 Å². The SMILES string of the molecule is CN1C=CC([C@H]2CC2C(=O)Nc2cc(-c3ccc(OC4CCN(C(=O)CO)CC4(F)F)c(C#N)c3)ccn2)N1. The van der Waals surface area contributed by atoms with Crippen molar-refractivity contribution in [1.82, 2.24) is 20.3 Å². The molecule has 1 aliphatic carbocycles. The largest absolute Gasteiger partial charge is 0.483 e. The first kappa shape index (κ1) is 26.5. The molecular formula is C27H28F2N6O4. The Kier molecular flexibility index (Phi) is 7.20. The third kappa shape index (κ3) is 5.69. The summed E-state index contributed by atoms with van der Waals surface area (Å²) in [6.45, 7) is -1.69. The standard InChI is InChI=1S/C27H28F2N6O4/c1-34-8-5-21(33-34)19-12-20(19)26(38)32-24-11-17(4-7-31-24)16-2-3-22(18(10-16)13-30)39-23-6-9-35(25(37)14-36)15-27(23,28)29/h2-5,7-8,10-11,19-21,23,33,36H,6,9,12,14-15H2,1H3,(H,31,32,38)/t19-,20?,21?,23?/m0/s1. The van der Waals surface area contributed by atoms with E-state index in [9.17, 15) is 23.6 Å². The summed E-state index contributed by atoms with van der Waals surface area (Å²) in [5, 5.41) is 23.4. The number of nitriles is 1. The molecule has 1 saturated heterocycles. The van der Waals surface area contributed by atoms with Gasteiger partial charge in [-0.3, -0.25) is 9.59 Å². The Morgan fingerprint density at radius 2 is 2.10 bits per heavy atom. The molecule has 1 saturated carbocycles. The lowest BCUT2D eigenvalue weighted by atomic mass is 10.0. The molecule has 2 aliphatic heterocycles. The molecule has 4 atom stereocenters. The summed E-state index contributed by atoms with van der Waals surface area (Å²) >= 11 is 0. The number of hydrogen-bond acceptors (Lipinski definition) is 8. The number of aliphatic hydroxyl groups is 1. The molecule has 204 valence electrons. The number of aliphatic hydroxyl groups excluding tert-OH is 1. The monoisotopic (exact) mass is 538 g/mol. The van der Waals surface area contributed by atoms with E-state index in [0.717, 1.165) is 11.3 Å². The van der Waals surface area contributed by atoms with Crippen LogP contribution in [0.2, 0.25) is 0 Å². The van der Waals surface area contributed by atoms with Crippen LogP contribution in [0.25, 0.3) is 11.1 Å². The predicted molar refractivity (Wildman–Crippen MR) is 136 cm³/mol. The number of likely N-dealkylation sites (tertiary alicyclic amines) is 1. The predicted octanol–water partition coefficient (Wildman–Crippen LogP) is 2.13. The van der Waals surface area contributed by atoms with Gasteiger partial charge >= 0.3 is 5.92 Å². The van der Waals surface area contributed by atoms with Crippen LogP contribution >= 0.6 is 0 Å². The summed E-state index contributed by atoms with van der Waals surface area (Å²) < 4.78 is 34.9. The van der Waals surface area contributed by atoms with Gasteiger partial charge in [0.15, 0.2) is 6.10 Å². The first-order valence-corrected chi connectivity index (χ1v) is 12.6. The molecule has 2 amide bonds. The first-order valence-electron chi connectivity index (χ1n) is 12.6. The van der Waals surface area contributed by atoms with E-state index in [1.807, 2.05) is 30.4 Å². The zero-order valence-electron chi connectivity index (χ0n) is 21.2. The highest BCUT2D eigenvalue weighted by Gasteiger charge is 2.49. The van der Waals surface area contributed by atoms with E-state index < -0.39 is 31.1 Å². The fraction of sp³-hybridized carbons (Fsp3) is 0.407. The average molecular weight is 539 g/mol. The molecule has 0 spiro atoms. The molecule has 3 unspecified atom stereocenters. The van der Waals surface area contributed by atoms with Crippen molar-refractivity contribution in [2.45, 2.75) is 30.9 Å². The van der Waals surface area contributed by atoms with E-state index in [-0.39, 0.29) is 48.1 Å². The lowest BCUT2D eigenvalue weighted by Crippen LogP contribution is -2.55. The number of pyridine rings is 1. The number of alkyl halides is 2. The average Bonchev–Trinajstić information content (AvgIpc) is 3.62. The van der Waals surface area contributed by atoms with Crippen LogP contribution in [0, 0.1) is 23.2 Å². The molecule has 1 aromatic carbocycles. The Bertz CT molecular complexity index is 1350. The van der Waals surface area contributed by atoms with Crippen LogP contribution in [0.4, 0.5) is 14.6 Å². The highest BCUT2D eigenvalue weighted by molar-refractivity contribution is 5.94. The van der Waals surface area contributed by atoms with E-state index in [0.29, 0.717) is 16.9 Å². The van der Waals surface area contributed by atoms with Crippen LogP contribution in [-0.2, 0) is 9.59 Å². The number of halogens is 2. The first-order chi connectivity index (χ1) is 18.7. The number of rotatable bonds is 7. The number of nitrogens with zero attached hydrogens (tertiary/aromatic N) is 4. The van der Waals surface area contributed by atoms with Crippen LogP contribution < -0.4 is 15.5 Å². The molecular weight excluding hydrogens is 510 g/mol. The summed E-state index contributed by atoms with van der Waals surface area (Å²) in [4.78, 5) is 29.5. The number of hydrazine groups is 1. The summed E-state index contributed by atoms with van der Waals surface area (Å²) in [7, 11) is 1.90. The van der Waals surface area contributed by atoms with Gasteiger partial charge < -0.3 is 25.1 Å². The Balaban J connectivity index is 1.25. The molecule has 39 heavy (non-hydrogen) atoms. The zero-order chi connectivity index (χ0) is 27.7. The summed E-state index contributed by atoms with van der Waals surface area (Å²) in [5.74, 6) is -3.74. The minimum Gasteiger partial charge on any atom is -0.483 e. The number of hydrogen-bond donors (Lipinski definition) is 3. The minimum atomic E-state index is -3.35. The zero-order valence-corrected chi connectivity index (χ0v) is 21.2. The maximum absolute atomic E-state index is 14.7. The number of aromatic nitrogens is 1. The number of benzene rings is 1. The van der Waals surface area contributed by atoms with Gasteiger partial charge in [0.05, 0.1) is 12.1 Å². The number of anilines is 1. The number of amides is 2. The van der Waals surface area contributed by atoms with Gasteiger partial charge in [-0.1, -0.05) is 6.07 Å². The van der Waals surface area contributed by atoms with Crippen molar-refractivity contribution in [2.75, 3.05) is 32.1 Å². The van der Waals surface area contributed by atoms with Crippen molar-refractivity contribution in [2.24, 2.45) is 11.8 Å². The second kappa shape index (κ2) is 10.6. The van der Waals surface area contributed by atoms with Gasteiger partial charge in [-0.25, -0.2) is 19.2 Å². The molecule has 5 rings (SSSR count). The van der Waals surface area contributed by atoms with Crippen LogP contribution in [0.3, 0.4) is 0 Å². The molecule has 1 aromatic heterocycles. The van der Waals surface area contributed by atoms with Crippen molar-refractivity contribution < 1.29 is 28.2 Å². The van der Waals surface area contributed by atoms with E-state index in [2.05, 4.69) is 15.7 Å². The van der Waals surface area contributed by atoms with Crippen LogP contribution in [0.1, 0.15) is 18.4 Å². The Hall–Kier alpha value is -4.08. The lowest BCUT2D eigenvalue weighted by Gasteiger charge is -2.38. The van der Waals surface area contributed by atoms with Crippen LogP contribution in [0.15, 0.2) is 48.8 Å².